The zero-order valence-electron chi connectivity index (χ0n) is 13.9. The normalized spacial score (nSPS) is 29.9. The maximum absolute atomic E-state index is 12.8. The Morgan fingerprint density at radius 2 is 1.80 bits per heavy atom. The molecule has 0 aromatic rings. The maximum Gasteiger partial charge on any atom is 0.346 e. The van der Waals surface area contributed by atoms with Gasteiger partial charge in [-0.25, -0.2) is 0 Å². The summed E-state index contributed by atoms with van der Waals surface area (Å²) in [5.74, 6) is 0.0360. The summed E-state index contributed by atoms with van der Waals surface area (Å²) in [6, 6.07) is 0. The van der Waals surface area contributed by atoms with Crippen molar-refractivity contribution in [2.24, 2.45) is 11.8 Å². The first-order valence-electron chi connectivity index (χ1n) is 7.26. The van der Waals surface area contributed by atoms with Crippen molar-refractivity contribution >= 4 is 19.4 Å². The van der Waals surface area contributed by atoms with Crippen molar-refractivity contribution in [1.29, 1.82) is 0 Å². The second-order valence-corrected chi connectivity index (χ2v) is 11.0. The second-order valence-electron chi connectivity index (χ2n) is 7.37. The quantitative estimate of drug-likeness (QED) is 0.748. The van der Waals surface area contributed by atoms with Gasteiger partial charge in [-0.1, -0.05) is 27.7 Å². The van der Waals surface area contributed by atoms with Gasteiger partial charge in [0.15, 0.2) is 0 Å². The standard InChI is InChI=1S/C14H30NO3PS/c1-9(2)11-15-12(14(7,8)20-11)19(16,17)18-13(5,6)10(3)4/h9-12,15H,1-8H3,(H,16,17). The van der Waals surface area contributed by atoms with Crippen LogP contribution in [0.15, 0.2) is 0 Å². The molecular formula is C14H30NO3PS. The minimum absolute atomic E-state index is 0.168. The molecule has 2 N–H and O–H groups in total. The van der Waals surface area contributed by atoms with E-state index in [9.17, 15) is 9.46 Å². The van der Waals surface area contributed by atoms with E-state index in [1.165, 1.54) is 0 Å². The Morgan fingerprint density at radius 3 is 2.15 bits per heavy atom. The highest BCUT2D eigenvalue weighted by Gasteiger charge is 2.53. The molecule has 3 atom stereocenters. The molecule has 3 unspecified atom stereocenters. The van der Waals surface area contributed by atoms with E-state index in [1.54, 1.807) is 11.8 Å². The van der Waals surface area contributed by atoms with Crippen LogP contribution in [0.3, 0.4) is 0 Å². The number of rotatable bonds is 5. The van der Waals surface area contributed by atoms with E-state index in [2.05, 4.69) is 19.2 Å². The lowest BCUT2D eigenvalue weighted by Crippen LogP contribution is -2.42. The van der Waals surface area contributed by atoms with Crippen molar-refractivity contribution in [3.63, 3.8) is 0 Å². The smallest absolute Gasteiger partial charge is 0.323 e. The highest BCUT2D eigenvalue weighted by atomic mass is 32.2. The molecule has 0 aromatic carbocycles. The Hall–Kier alpha value is 0.460. The van der Waals surface area contributed by atoms with E-state index in [0.29, 0.717) is 5.92 Å². The SMILES string of the molecule is CC(C)C1NC(P(=O)(O)OC(C)(C)C(C)C)C(C)(C)S1. The van der Waals surface area contributed by atoms with Gasteiger partial charge in [0.2, 0.25) is 0 Å². The van der Waals surface area contributed by atoms with Gasteiger partial charge in [-0.2, -0.15) is 0 Å². The molecule has 1 aliphatic heterocycles. The van der Waals surface area contributed by atoms with Crippen LogP contribution in [0, 0.1) is 11.8 Å². The Bertz CT molecular complexity index is 396. The number of hydrogen-bond acceptors (Lipinski definition) is 4. The Morgan fingerprint density at radius 1 is 1.30 bits per heavy atom. The highest BCUT2D eigenvalue weighted by Crippen LogP contribution is 2.60. The van der Waals surface area contributed by atoms with Gasteiger partial charge in [0, 0.05) is 4.75 Å². The van der Waals surface area contributed by atoms with Crippen molar-refractivity contribution in [2.75, 3.05) is 0 Å². The minimum Gasteiger partial charge on any atom is -0.323 e. The van der Waals surface area contributed by atoms with Crippen LogP contribution >= 0.6 is 19.4 Å². The van der Waals surface area contributed by atoms with Crippen molar-refractivity contribution in [2.45, 2.75) is 76.9 Å². The summed E-state index contributed by atoms with van der Waals surface area (Å²) in [4.78, 5) is 10.5. The third kappa shape index (κ3) is 4.01. The second kappa shape index (κ2) is 5.92. The topological polar surface area (TPSA) is 58.6 Å². The fourth-order valence-electron chi connectivity index (χ4n) is 2.09. The average Bonchev–Trinajstić information content (AvgIpc) is 2.53. The molecule has 6 heteroatoms. The third-order valence-corrected chi connectivity index (χ3v) is 8.23. The predicted molar refractivity (Wildman–Crippen MR) is 87.0 cm³/mol. The van der Waals surface area contributed by atoms with Crippen LogP contribution in [0.2, 0.25) is 0 Å². The summed E-state index contributed by atoms with van der Waals surface area (Å²) in [6.07, 6.45) is 0. The maximum atomic E-state index is 12.8. The molecule has 1 rings (SSSR count). The lowest BCUT2D eigenvalue weighted by molar-refractivity contribution is 0.0432. The molecule has 20 heavy (non-hydrogen) atoms. The van der Waals surface area contributed by atoms with Crippen LogP contribution in [-0.2, 0) is 9.09 Å². The van der Waals surface area contributed by atoms with E-state index in [1.807, 2.05) is 41.5 Å². The summed E-state index contributed by atoms with van der Waals surface area (Å²) in [7, 11) is -3.75. The average molecular weight is 323 g/mol. The monoisotopic (exact) mass is 323 g/mol. The van der Waals surface area contributed by atoms with Crippen LogP contribution in [0.5, 0.6) is 0 Å². The first-order chi connectivity index (χ1) is 8.79. The molecule has 0 bridgehead atoms. The molecular weight excluding hydrogens is 293 g/mol. The molecule has 0 radical (unpaired) electrons. The molecule has 4 nitrogen and oxygen atoms in total. The number of hydrogen-bond donors (Lipinski definition) is 2. The van der Waals surface area contributed by atoms with Crippen LogP contribution in [0.25, 0.3) is 0 Å². The lowest BCUT2D eigenvalue weighted by Gasteiger charge is -2.36. The van der Waals surface area contributed by atoms with Gasteiger partial charge < -0.3 is 9.42 Å². The lowest BCUT2D eigenvalue weighted by atomic mass is 9.95. The molecule has 1 saturated heterocycles. The molecule has 1 heterocycles. The summed E-state index contributed by atoms with van der Waals surface area (Å²) in [6.45, 7) is 16.0. The van der Waals surface area contributed by atoms with E-state index in [-0.39, 0.29) is 16.0 Å². The summed E-state index contributed by atoms with van der Waals surface area (Å²) >= 11 is 1.72. The zero-order chi connectivity index (χ0) is 15.9. The first kappa shape index (κ1) is 18.5. The van der Waals surface area contributed by atoms with Crippen molar-refractivity contribution in [3.05, 3.63) is 0 Å². The Labute approximate surface area is 128 Å². The molecule has 1 aliphatic rings. The summed E-state index contributed by atoms with van der Waals surface area (Å²) < 4.78 is 18.1. The number of nitrogens with one attached hydrogen (secondary N) is 1. The fraction of sp³-hybridized carbons (Fsp3) is 1.00. The van der Waals surface area contributed by atoms with Gasteiger partial charge >= 0.3 is 7.60 Å². The van der Waals surface area contributed by atoms with Gasteiger partial charge in [-0.15, -0.1) is 11.8 Å². The first-order valence-corrected chi connectivity index (χ1v) is 9.79. The molecule has 1 fully saturated rings. The van der Waals surface area contributed by atoms with E-state index in [4.69, 9.17) is 4.52 Å². The Kier molecular flexibility index (Phi) is 5.48. The van der Waals surface area contributed by atoms with Crippen LogP contribution < -0.4 is 5.32 Å². The molecule has 0 spiro atoms. The third-order valence-electron chi connectivity index (χ3n) is 4.10. The molecule has 120 valence electrons. The van der Waals surface area contributed by atoms with Crippen LogP contribution in [0.4, 0.5) is 0 Å². The highest BCUT2D eigenvalue weighted by molar-refractivity contribution is 8.01. The van der Waals surface area contributed by atoms with Crippen molar-refractivity contribution in [3.8, 4) is 0 Å². The van der Waals surface area contributed by atoms with Gasteiger partial charge in [0.25, 0.3) is 0 Å². The van der Waals surface area contributed by atoms with Crippen LogP contribution in [0.1, 0.15) is 55.4 Å². The minimum atomic E-state index is -3.75. The van der Waals surface area contributed by atoms with E-state index in [0.717, 1.165) is 0 Å². The van der Waals surface area contributed by atoms with Gasteiger partial charge in [-0.05, 0) is 39.5 Å². The summed E-state index contributed by atoms with van der Waals surface area (Å²) in [5.41, 5.74) is -0.622. The molecule has 0 amide bonds. The van der Waals surface area contributed by atoms with Gasteiger partial charge in [-0.3, -0.25) is 9.88 Å². The van der Waals surface area contributed by atoms with Gasteiger partial charge in [0.1, 0.15) is 5.78 Å². The van der Waals surface area contributed by atoms with Gasteiger partial charge in [0.05, 0.1) is 11.0 Å². The fourth-order valence-corrected chi connectivity index (χ4v) is 6.23. The van der Waals surface area contributed by atoms with E-state index >= 15 is 0 Å². The van der Waals surface area contributed by atoms with Crippen molar-refractivity contribution < 1.29 is 14.0 Å². The number of thioether (sulfide) groups is 1. The molecule has 0 aliphatic carbocycles. The van der Waals surface area contributed by atoms with Crippen molar-refractivity contribution in [1.82, 2.24) is 5.32 Å². The largest absolute Gasteiger partial charge is 0.346 e. The summed E-state index contributed by atoms with van der Waals surface area (Å²) in [5, 5.41) is 3.49. The predicted octanol–water partition coefficient (Wildman–Crippen LogP) is 4.05. The zero-order valence-corrected chi connectivity index (χ0v) is 15.6. The Balaban J connectivity index is 2.95. The van der Waals surface area contributed by atoms with Crippen LogP contribution in [-0.4, -0.2) is 26.4 Å². The van der Waals surface area contributed by atoms with E-state index < -0.39 is 19.0 Å². The molecule has 0 aromatic heterocycles. The molecule has 0 saturated carbocycles.